The van der Waals surface area contributed by atoms with E-state index in [4.69, 9.17) is 9.68 Å². The zero-order valence-corrected chi connectivity index (χ0v) is 10.7. The lowest BCUT2D eigenvalue weighted by Gasteiger charge is -2.21. The van der Waals surface area contributed by atoms with Crippen LogP contribution in [-0.2, 0) is 25.7 Å². The van der Waals surface area contributed by atoms with Gasteiger partial charge in [0.25, 0.3) is 0 Å². The van der Waals surface area contributed by atoms with Crippen molar-refractivity contribution in [3.8, 4) is 0 Å². The average Bonchev–Trinajstić information content (AvgIpc) is 2.46. The molecule has 0 aromatic heterocycles. The summed E-state index contributed by atoms with van der Waals surface area (Å²) in [5.41, 5.74) is 1.33. The van der Waals surface area contributed by atoms with Crippen LogP contribution in [0, 0.1) is 0 Å². The highest BCUT2D eigenvalue weighted by Gasteiger charge is 2.18. The molecule has 0 saturated carbocycles. The monoisotopic (exact) mass is 261 g/mol. The highest BCUT2D eigenvalue weighted by atomic mass is 17.0. The normalized spacial score (nSPS) is 9.32. The first-order valence-corrected chi connectivity index (χ1v) is 5.69. The molecular formula is C14H15NO4. The van der Waals surface area contributed by atoms with Crippen molar-refractivity contribution in [1.82, 2.24) is 0 Å². The van der Waals surface area contributed by atoms with E-state index in [-0.39, 0.29) is 0 Å². The van der Waals surface area contributed by atoms with Crippen LogP contribution < -0.4 is 5.23 Å². The zero-order valence-electron chi connectivity index (χ0n) is 10.7. The number of rotatable bonds is 6. The van der Waals surface area contributed by atoms with Gasteiger partial charge in [0.15, 0.2) is 0 Å². The predicted octanol–water partition coefficient (Wildman–Crippen LogP) is 2.34. The van der Waals surface area contributed by atoms with Gasteiger partial charge in [0.1, 0.15) is 5.69 Å². The van der Waals surface area contributed by atoms with Gasteiger partial charge in [-0.2, -0.15) is 0 Å². The lowest BCUT2D eigenvalue weighted by atomic mass is 10.1. The van der Waals surface area contributed by atoms with Crippen molar-refractivity contribution in [3.63, 3.8) is 0 Å². The van der Waals surface area contributed by atoms with E-state index in [1.54, 1.807) is 12.1 Å². The Morgan fingerprint density at radius 3 is 2.16 bits per heavy atom. The minimum absolute atomic E-state index is 0.468. The number of anilines is 1. The van der Waals surface area contributed by atoms with Gasteiger partial charge in [-0.3, -0.25) is 0 Å². The van der Waals surface area contributed by atoms with Crippen molar-refractivity contribution >= 4 is 17.6 Å². The largest absolute Gasteiger partial charge is 0.359 e. The quantitative estimate of drug-likeness (QED) is 0.581. The molecule has 0 heterocycles. The number of carbonyl (C=O) groups excluding carboxylic acids is 2. The molecule has 0 amide bonds. The summed E-state index contributed by atoms with van der Waals surface area (Å²) in [5.74, 6) is -1.47. The van der Waals surface area contributed by atoms with E-state index in [2.05, 4.69) is 13.2 Å². The first-order chi connectivity index (χ1) is 9.12. The lowest BCUT2D eigenvalue weighted by molar-refractivity contribution is -0.167. The fraction of sp³-hybridized carbons (Fsp3) is 0.143. The van der Waals surface area contributed by atoms with Crippen LogP contribution in [0.3, 0.4) is 0 Å². The molecule has 5 heteroatoms. The second-order valence-corrected chi connectivity index (χ2v) is 3.47. The second kappa shape index (κ2) is 7.00. The third-order valence-corrected chi connectivity index (χ3v) is 2.25. The van der Waals surface area contributed by atoms with Gasteiger partial charge in [-0.05, 0) is 23.3 Å². The van der Waals surface area contributed by atoms with Gasteiger partial charge in [-0.25, -0.2) is 9.59 Å². The molecule has 0 N–H and O–H groups in total. The van der Waals surface area contributed by atoms with Crippen LogP contribution in [0.4, 0.5) is 5.69 Å². The maximum Gasteiger partial charge on any atom is 0.359 e. The van der Waals surface area contributed by atoms with E-state index in [1.807, 2.05) is 19.1 Å². The van der Waals surface area contributed by atoms with Gasteiger partial charge in [0.05, 0.1) is 0 Å². The van der Waals surface area contributed by atoms with Crippen LogP contribution >= 0.6 is 0 Å². The standard InChI is InChI=1S/C14H15NO4/c1-4-11-9-7-8-10-12(11)15(18-13(16)5-2)19-14(17)6-3/h5-10H,2-4H2,1H3. The molecule has 1 aromatic carbocycles. The van der Waals surface area contributed by atoms with Gasteiger partial charge in [0, 0.05) is 12.2 Å². The van der Waals surface area contributed by atoms with E-state index in [1.165, 1.54) is 0 Å². The Labute approximate surface area is 111 Å². The molecule has 0 aliphatic heterocycles. The zero-order chi connectivity index (χ0) is 14.3. The average molecular weight is 261 g/mol. The van der Waals surface area contributed by atoms with E-state index in [0.717, 1.165) is 22.9 Å². The van der Waals surface area contributed by atoms with Gasteiger partial charge in [-0.1, -0.05) is 38.3 Å². The maximum absolute atomic E-state index is 11.3. The minimum Gasteiger partial charge on any atom is -0.301 e. The highest BCUT2D eigenvalue weighted by molar-refractivity contribution is 5.84. The van der Waals surface area contributed by atoms with Crippen LogP contribution in [0.15, 0.2) is 49.6 Å². The molecule has 0 radical (unpaired) electrons. The van der Waals surface area contributed by atoms with Crippen LogP contribution in [-0.4, -0.2) is 11.9 Å². The van der Waals surface area contributed by atoms with Crippen molar-refractivity contribution < 1.29 is 19.3 Å². The van der Waals surface area contributed by atoms with E-state index in [9.17, 15) is 9.59 Å². The number of hydrogen-bond acceptors (Lipinski definition) is 5. The third-order valence-electron chi connectivity index (χ3n) is 2.25. The number of carbonyl (C=O) groups is 2. The molecule has 0 atom stereocenters. The Morgan fingerprint density at radius 2 is 1.68 bits per heavy atom. The number of aryl methyl sites for hydroxylation is 1. The fourth-order valence-corrected chi connectivity index (χ4v) is 1.34. The molecule has 5 nitrogen and oxygen atoms in total. The van der Waals surface area contributed by atoms with Crippen LogP contribution in [0.2, 0.25) is 0 Å². The molecule has 0 spiro atoms. The molecule has 1 rings (SSSR count). The second-order valence-electron chi connectivity index (χ2n) is 3.47. The Balaban J connectivity index is 3.06. The maximum atomic E-state index is 11.3. The van der Waals surface area contributed by atoms with Gasteiger partial charge in [0.2, 0.25) is 0 Å². The first kappa shape index (κ1) is 14.5. The summed E-state index contributed by atoms with van der Waals surface area (Å²) in [7, 11) is 0. The minimum atomic E-state index is -0.734. The number of hydrogen-bond donors (Lipinski definition) is 0. The van der Waals surface area contributed by atoms with Crippen molar-refractivity contribution in [2.45, 2.75) is 13.3 Å². The first-order valence-electron chi connectivity index (χ1n) is 5.69. The molecule has 0 aliphatic carbocycles. The topological polar surface area (TPSA) is 55.8 Å². The Kier molecular flexibility index (Phi) is 5.35. The molecule has 0 aliphatic rings. The van der Waals surface area contributed by atoms with E-state index >= 15 is 0 Å². The summed E-state index contributed by atoms with van der Waals surface area (Å²) in [6.45, 7) is 8.51. The molecule has 0 bridgehead atoms. The van der Waals surface area contributed by atoms with E-state index in [0.29, 0.717) is 12.1 Å². The number of benzene rings is 1. The smallest absolute Gasteiger partial charge is 0.301 e. The van der Waals surface area contributed by atoms with Gasteiger partial charge >= 0.3 is 11.9 Å². The van der Waals surface area contributed by atoms with Gasteiger partial charge < -0.3 is 9.68 Å². The number of para-hydroxylation sites is 1. The molecular weight excluding hydrogens is 246 g/mol. The summed E-state index contributed by atoms with van der Waals surface area (Å²) in [5, 5.41) is 0.771. The summed E-state index contributed by atoms with van der Waals surface area (Å²) in [4.78, 5) is 32.3. The molecule has 0 fully saturated rings. The highest BCUT2D eigenvalue weighted by Crippen LogP contribution is 2.22. The molecule has 1 aromatic rings. The molecule has 19 heavy (non-hydrogen) atoms. The Hall–Kier alpha value is -2.56. The molecule has 0 saturated heterocycles. The summed E-state index contributed by atoms with van der Waals surface area (Å²) < 4.78 is 0. The van der Waals surface area contributed by atoms with Crippen molar-refractivity contribution in [2.75, 3.05) is 5.23 Å². The van der Waals surface area contributed by atoms with Crippen LogP contribution in [0.5, 0.6) is 0 Å². The predicted molar refractivity (Wildman–Crippen MR) is 70.9 cm³/mol. The van der Waals surface area contributed by atoms with Gasteiger partial charge in [-0.15, -0.1) is 0 Å². The summed E-state index contributed by atoms with van der Waals surface area (Å²) in [6.07, 6.45) is 2.64. The van der Waals surface area contributed by atoms with Crippen molar-refractivity contribution in [2.24, 2.45) is 0 Å². The summed E-state index contributed by atoms with van der Waals surface area (Å²) >= 11 is 0. The Morgan fingerprint density at radius 1 is 1.16 bits per heavy atom. The van der Waals surface area contributed by atoms with Crippen LogP contribution in [0.25, 0.3) is 0 Å². The van der Waals surface area contributed by atoms with Crippen molar-refractivity contribution in [3.05, 3.63) is 55.1 Å². The summed E-state index contributed by atoms with van der Waals surface area (Å²) in [6, 6.07) is 7.09. The third kappa shape index (κ3) is 3.99. The number of nitrogens with zero attached hydrogens (tertiary/aromatic N) is 1. The van der Waals surface area contributed by atoms with E-state index < -0.39 is 11.9 Å². The fourth-order valence-electron chi connectivity index (χ4n) is 1.34. The lowest BCUT2D eigenvalue weighted by Crippen LogP contribution is -2.29. The van der Waals surface area contributed by atoms with Crippen LogP contribution in [0.1, 0.15) is 12.5 Å². The SMILES string of the molecule is C=CC(=O)ON(OC(=O)C=C)c1ccccc1CC. The molecule has 0 unspecified atom stereocenters. The van der Waals surface area contributed by atoms with Crippen molar-refractivity contribution in [1.29, 1.82) is 0 Å². The molecule has 100 valence electrons. The Bertz CT molecular complexity index is 474.